The Labute approximate surface area is 247 Å². The molecule has 4 heterocycles. The molecule has 0 aliphatic rings. The van der Waals surface area contributed by atoms with Gasteiger partial charge in [-0.15, -0.1) is 0 Å². The van der Waals surface area contributed by atoms with Crippen LogP contribution in [0, 0.1) is 0 Å². The van der Waals surface area contributed by atoms with E-state index >= 15 is 0 Å². The standard InChI is InChI=1S/C38H22N4.CH4/c1-2-11-23(12-3-1)36-38(40-29-17-7-6-16-28(29)39-36)42-32-20-10-15-26-24-13-4-8-18-30(24)41-31-19-9-5-14-25(31)27-21-22-33(42)35(34(26)32)37(27)41;/h1-22H;1H4. The number of rotatable bonds is 2. The molecule has 10 aromatic rings. The Morgan fingerprint density at radius 2 is 1.00 bits per heavy atom. The summed E-state index contributed by atoms with van der Waals surface area (Å²) in [6.45, 7) is 0. The number of para-hydroxylation sites is 4. The van der Waals surface area contributed by atoms with Crippen molar-refractivity contribution < 1.29 is 0 Å². The summed E-state index contributed by atoms with van der Waals surface area (Å²) < 4.78 is 4.81. The first-order chi connectivity index (χ1) is 20.9. The average molecular weight is 551 g/mol. The molecule has 0 atom stereocenters. The zero-order chi connectivity index (χ0) is 27.4. The average Bonchev–Trinajstić information content (AvgIpc) is 3.53. The first kappa shape index (κ1) is 23.9. The molecule has 4 aromatic heterocycles. The molecule has 0 amide bonds. The van der Waals surface area contributed by atoms with Gasteiger partial charge in [0.05, 0.1) is 38.6 Å². The largest absolute Gasteiger partial charge is 0.308 e. The molecular formula is C39H26N4. The number of hydrogen-bond donors (Lipinski definition) is 0. The summed E-state index contributed by atoms with van der Waals surface area (Å²) in [5.74, 6) is 0.841. The van der Waals surface area contributed by atoms with Crippen molar-refractivity contribution in [2.75, 3.05) is 0 Å². The molecule has 0 saturated carbocycles. The van der Waals surface area contributed by atoms with Crippen LogP contribution in [0.4, 0.5) is 0 Å². The van der Waals surface area contributed by atoms with Crippen LogP contribution in [-0.2, 0) is 0 Å². The monoisotopic (exact) mass is 550 g/mol. The van der Waals surface area contributed by atoms with Gasteiger partial charge in [-0.3, -0.25) is 4.57 Å². The third-order valence-corrected chi connectivity index (χ3v) is 8.84. The molecule has 10 rings (SSSR count). The lowest BCUT2D eigenvalue weighted by Crippen LogP contribution is -2.03. The van der Waals surface area contributed by atoms with E-state index in [0.29, 0.717) is 0 Å². The van der Waals surface area contributed by atoms with Gasteiger partial charge in [-0.1, -0.05) is 104 Å². The zero-order valence-corrected chi connectivity index (χ0v) is 22.5. The molecular weight excluding hydrogens is 524 g/mol. The third-order valence-electron chi connectivity index (χ3n) is 8.84. The second-order valence-electron chi connectivity index (χ2n) is 11.0. The molecule has 0 aliphatic carbocycles. The molecule has 4 nitrogen and oxygen atoms in total. The molecule has 0 saturated heterocycles. The molecule has 0 N–H and O–H groups in total. The Morgan fingerprint density at radius 1 is 0.419 bits per heavy atom. The number of fused-ring (bicyclic) bond motifs is 7. The molecule has 202 valence electrons. The number of aromatic nitrogens is 4. The van der Waals surface area contributed by atoms with Crippen LogP contribution in [-0.4, -0.2) is 18.9 Å². The van der Waals surface area contributed by atoms with E-state index < -0.39 is 0 Å². The molecule has 6 aromatic carbocycles. The van der Waals surface area contributed by atoms with E-state index in [0.717, 1.165) is 39.1 Å². The smallest absolute Gasteiger partial charge is 0.165 e. The highest BCUT2D eigenvalue weighted by molar-refractivity contribution is 6.33. The number of nitrogens with zero attached hydrogens (tertiary/aromatic N) is 4. The van der Waals surface area contributed by atoms with E-state index in [1.807, 2.05) is 24.3 Å². The van der Waals surface area contributed by atoms with Crippen LogP contribution < -0.4 is 0 Å². The van der Waals surface area contributed by atoms with E-state index in [2.05, 4.69) is 118 Å². The maximum atomic E-state index is 5.33. The molecule has 0 unspecified atom stereocenters. The second-order valence-corrected chi connectivity index (χ2v) is 11.0. The van der Waals surface area contributed by atoms with Crippen molar-refractivity contribution in [1.29, 1.82) is 0 Å². The summed E-state index contributed by atoms with van der Waals surface area (Å²) in [6.07, 6.45) is 0. The van der Waals surface area contributed by atoms with Gasteiger partial charge in [0.1, 0.15) is 5.69 Å². The van der Waals surface area contributed by atoms with Gasteiger partial charge in [-0.2, -0.15) is 0 Å². The van der Waals surface area contributed by atoms with Crippen molar-refractivity contribution in [1.82, 2.24) is 18.9 Å². The molecule has 0 aliphatic heterocycles. The van der Waals surface area contributed by atoms with Gasteiger partial charge in [0.2, 0.25) is 0 Å². The lowest BCUT2D eigenvalue weighted by molar-refractivity contribution is 1.08. The van der Waals surface area contributed by atoms with Gasteiger partial charge in [-0.25, -0.2) is 9.97 Å². The summed E-state index contributed by atoms with van der Waals surface area (Å²) in [7, 11) is 0. The van der Waals surface area contributed by atoms with Crippen LogP contribution in [0.3, 0.4) is 0 Å². The topological polar surface area (TPSA) is 35.1 Å². The maximum Gasteiger partial charge on any atom is 0.165 e. The fraction of sp³-hybridized carbons (Fsp3) is 0.0256. The van der Waals surface area contributed by atoms with Crippen LogP contribution >= 0.6 is 0 Å². The van der Waals surface area contributed by atoms with Crippen molar-refractivity contribution in [2.24, 2.45) is 0 Å². The predicted octanol–water partition coefficient (Wildman–Crippen LogP) is 10.2. The summed E-state index contributed by atoms with van der Waals surface area (Å²) >= 11 is 0. The summed E-state index contributed by atoms with van der Waals surface area (Å²) in [6, 6.07) is 47.4. The zero-order valence-electron chi connectivity index (χ0n) is 22.5. The summed E-state index contributed by atoms with van der Waals surface area (Å²) in [5, 5.41) is 7.49. The minimum Gasteiger partial charge on any atom is -0.308 e. The minimum absolute atomic E-state index is 0. The van der Waals surface area contributed by atoms with E-state index in [1.165, 1.54) is 48.9 Å². The van der Waals surface area contributed by atoms with Crippen molar-refractivity contribution in [3.63, 3.8) is 0 Å². The van der Waals surface area contributed by atoms with E-state index in [9.17, 15) is 0 Å². The highest BCUT2D eigenvalue weighted by atomic mass is 15.1. The van der Waals surface area contributed by atoms with Gasteiger partial charge in [0.25, 0.3) is 0 Å². The highest BCUT2D eigenvalue weighted by Crippen LogP contribution is 2.45. The van der Waals surface area contributed by atoms with Crippen molar-refractivity contribution in [3.05, 3.63) is 133 Å². The summed E-state index contributed by atoms with van der Waals surface area (Å²) in [5.41, 5.74) is 9.61. The van der Waals surface area contributed by atoms with Gasteiger partial charge in [0, 0.05) is 32.5 Å². The van der Waals surface area contributed by atoms with Crippen LogP contribution in [0.25, 0.3) is 88.0 Å². The van der Waals surface area contributed by atoms with Crippen molar-refractivity contribution in [2.45, 2.75) is 7.43 Å². The fourth-order valence-electron chi connectivity index (χ4n) is 7.13. The first-order valence-electron chi connectivity index (χ1n) is 14.3. The molecule has 0 spiro atoms. The second kappa shape index (κ2) is 8.63. The Kier molecular flexibility index (Phi) is 4.80. The van der Waals surface area contributed by atoms with Crippen LogP contribution in [0.5, 0.6) is 0 Å². The SMILES string of the molecule is C.c1ccc(-c2nc3ccccc3nc2-n2c3cccc4c5ccccc5n5c6ccccc6c6ccc2c(c43)c65)cc1. The van der Waals surface area contributed by atoms with Crippen LogP contribution in [0.15, 0.2) is 133 Å². The Hall–Kier alpha value is -5.74. The molecule has 4 heteroatoms. The van der Waals surface area contributed by atoms with Gasteiger partial charge >= 0.3 is 0 Å². The van der Waals surface area contributed by atoms with E-state index in [4.69, 9.17) is 9.97 Å². The van der Waals surface area contributed by atoms with Gasteiger partial charge in [-0.05, 0) is 41.8 Å². The predicted molar refractivity (Wildman–Crippen MR) is 181 cm³/mol. The highest BCUT2D eigenvalue weighted by Gasteiger charge is 2.25. The van der Waals surface area contributed by atoms with Crippen molar-refractivity contribution >= 4 is 70.9 Å². The third kappa shape index (κ3) is 3.04. The quantitative estimate of drug-likeness (QED) is 0.215. The van der Waals surface area contributed by atoms with E-state index in [1.54, 1.807) is 0 Å². The number of hydrogen-bond acceptors (Lipinski definition) is 2. The molecule has 0 bridgehead atoms. The minimum atomic E-state index is 0. The Bertz CT molecular complexity index is 2680. The van der Waals surface area contributed by atoms with E-state index in [-0.39, 0.29) is 7.43 Å². The lowest BCUT2D eigenvalue weighted by atomic mass is 10.0. The fourth-order valence-corrected chi connectivity index (χ4v) is 7.13. The molecule has 43 heavy (non-hydrogen) atoms. The van der Waals surface area contributed by atoms with Crippen LogP contribution in [0.1, 0.15) is 7.43 Å². The number of benzene rings is 6. The van der Waals surface area contributed by atoms with Crippen molar-refractivity contribution in [3.8, 4) is 17.1 Å². The lowest BCUT2D eigenvalue weighted by Gasteiger charge is -2.14. The van der Waals surface area contributed by atoms with Crippen LogP contribution in [0.2, 0.25) is 0 Å². The normalized spacial score (nSPS) is 12.0. The van der Waals surface area contributed by atoms with Gasteiger partial charge in [0.15, 0.2) is 5.82 Å². The Balaban J connectivity index is 0.00000260. The first-order valence-corrected chi connectivity index (χ1v) is 14.3. The summed E-state index contributed by atoms with van der Waals surface area (Å²) in [4.78, 5) is 10.5. The molecule has 0 radical (unpaired) electrons. The maximum absolute atomic E-state index is 5.33. The molecule has 0 fully saturated rings. The Morgan fingerprint density at radius 3 is 1.77 bits per heavy atom. The van der Waals surface area contributed by atoms with Gasteiger partial charge < -0.3 is 4.40 Å².